The third kappa shape index (κ3) is 0.407. The molecule has 0 aliphatic heterocycles. The van der Waals surface area contributed by atoms with Gasteiger partial charge in [-0.05, 0) is 6.07 Å². The minimum absolute atomic E-state index is 0.444. The fourth-order valence-electron chi connectivity index (χ4n) is 0.308. The van der Waals surface area contributed by atoms with Crippen molar-refractivity contribution in [1.82, 2.24) is 9.78 Å². The Morgan fingerprint density at radius 3 is 3.00 bits per heavy atom. The highest BCUT2D eigenvalue weighted by Crippen LogP contribution is 1.73. The maximum Gasteiger partial charge on any atom is 0.0836 e. The molecule has 0 aliphatic rings. The Kier molecular flexibility index (Phi) is 0.449. The van der Waals surface area contributed by atoms with Gasteiger partial charge >= 0.3 is 0 Å². The zero-order valence-electron chi connectivity index (χ0n) is 4.55. The van der Waals surface area contributed by atoms with Crippen LogP contribution >= 0.6 is 0 Å². The third-order valence-electron chi connectivity index (χ3n) is 0.576. The second-order valence-corrected chi connectivity index (χ2v) is 1.08. The van der Waals surface area contributed by atoms with Crippen molar-refractivity contribution in [2.45, 2.75) is 0 Å². The molecule has 6 heavy (non-hydrogen) atoms. The molecule has 1 heterocycles. The molecule has 1 aromatic heterocycles. The van der Waals surface area contributed by atoms with Crippen LogP contribution in [0.2, 0.25) is 0 Å². The van der Waals surface area contributed by atoms with Crippen molar-refractivity contribution < 1.29 is 1.37 Å². The van der Waals surface area contributed by atoms with E-state index in [1.165, 1.54) is 4.68 Å². The molecular weight excluding hydrogens is 76.1 g/mol. The van der Waals surface area contributed by atoms with E-state index < -0.39 is 0 Å². The van der Waals surface area contributed by atoms with Crippen molar-refractivity contribution in [3.8, 4) is 0 Å². The van der Waals surface area contributed by atoms with Crippen LogP contribution in [0.4, 0.5) is 0 Å². The summed E-state index contributed by atoms with van der Waals surface area (Å²) in [5.74, 6) is 0. The number of aromatic nitrogens is 2. The Bertz CT molecular complexity index is 142. The zero-order valence-corrected chi connectivity index (χ0v) is 3.55. The van der Waals surface area contributed by atoms with Gasteiger partial charge in [0.2, 0.25) is 0 Å². The van der Waals surface area contributed by atoms with Crippen molar-refractivity contribution in [3.05, 3.63) is 18.4 Å². The Morgan fingerprint density at radius 1 is 2.00 bits per heavy atom. The van der Waals surface area contributed by atoms with Gasteiger partial charge in [0.15, 0.2) is 0 Å². The molecule has 2 heteroatoms. The van der Waals surface area contributed by atoms with Gasteiger partial charge in [-0.1, -0.05) is 0 Å². The van der Waals surface area contributed by atoms with E-state index >= 15 is 0 Å². The summed E-state index contributed by atoms with van der Waals surface area (Å²) >= 11 is 0. The number of aryl methyl sites for hydroxylation is 1. The fourth-order valence-corrected chi connectivity index (χ4v) is 0.308. The zero-order chi connectivity index (χ0) is 5.28. The molecule has 0 saturated heterocycles. The van der Waals surface area contributed by atoms with Crippen LogP contribution in [-0.4, -0.2) is 9.78 Å². The maximum atomic E-state index is 7.00. The highest BCUT2D eigenvalue weighted by Gasteiger charge is 1.69. The van der Waals surface area contributed by atoms with Crippen LogP contribution in [0.5, 0.6) is 0 Å². The van der Waals surface area contributed by atoms with Gasteiger partial charge < -0.3 is 0 Å². The largest absolute Gasteiger partial charge is 0.276 e. The Labute approximate surface area is 37.8 Å². The molecule has 0 radical (unpaired) electrons. The summed E-state index contributed by atoms with van der Waals surface area (Å²) in [7, 11) is 1.74. The van der Waals surface area contributed by atoms with E-state index in [1.54, 1.807) is 19.3 Å². The molecule has 2 nitrogen and oxygen atoms in total. The Balaban J connectivity index is 3.12. The quantitative estimate of drug-likeness (QED) is 0.444. The average Bonchev–Trinajstić information content (AvgIpc) is 1.91. The van der Waals surface area contributed by atoms with Crippen molar-refractivity contribution in [3.63, 3.8) is 0 Å². The molecule has 0 saturated carbocycles. The summed E-state index contributed by atoms with van der Waals surface area (Å²) in [4.78, 5) is 0. The van der Waals surface area contributed by atoms with E-state index in [0.717, 1.165) is 0 Å². The predicted molar refractivity (Wildman–Crippen MR) is 23.2 cm³/mol. The van der Waals surface area contributed by atoms with E-state index in [2.05, 4.69) is 5.10 Å². The summed E-state index contributed by atoms with van der Waals surface area (Å²) in [6.45, 7) is 0. The first-order valence-corrected chi connectivity index (χ1v) is 1.75. The molecule has 0 bridgehead atoms. The minimum atomic E-state index is 0.444. The summed E-state index contributed by atoms with van der Waals surface area (Å²) in [5, 5.41) is 3.75. The van der Waals surface area contributed by atoms with E-state index in [9.17, 15) is 0 Å². The third-order valence-corrected chi connectivity index (χ3v) is 0.576. The number of nitrogens with zero attached hydrogens (tertiary/aromatic N) is 2. The standard InChI is InChI=1S/C4H6N2/c1-6-4-2-3-5-6/h2-4H,1H3/i4D. The molecule has 0 aromatic carbocycles. The van der Waals surface area contributed by atoms with Crippen LogP contribution in [0.3, 0.4) is 0 Å². The second kappa shape index (κ2) is 1.12. The number of rotatable bonds is 0. The SMILES string of the molecule is [2H]c1ccnn1C. The van der Waals surface area contributed by atoms with E-state index in [0.29, 0.717) is 6.17 Å². The van der Waals surface area contributed by atoms with Crippen LogP contribution in [0, 0.1) is 0 Å². The van der Waals surface area contributed by atoms with E-state index in [-0.39, 0.29) is 0 Å². The summed E-state index contributed by atoms with van der Waals surface area (Å²) < 4.78 is 8.50. The van der Waals surface area contributed by atoms with Crippen molar-refractivity contribution in [1.29, 1.82) is 0 Å². The highest BCUT2D eigenvalue weighted by atomic mass is 15.2. The van der Waals surface area contributed by atoms with Crippen LogP contribution in [-0.2, 0) is 7.05 Å². The Morgan fingerprint density at radius 2 is 2.83 bits per heavy atom. The molecule has 0 aliphatic carbocycles. The topological polar surface area (TPSA) is 17.8 Å². The molecule has 0 amide bonds. The van der Waals surface area contributed by atoms with Gasteiger partial charge in [0, 0.05) is 19.4 Å². The lowest BCUT2D eigenvalue weighted by Crippen LogP contribution is -1.83. The molecule has 32 valence electrons. The van der Waals surface area contributed by atoms with E-state index in [4.69, 9.17) is 1.37 Å². The maximum absolute atomic E-state index is 7.00. The van der Waals surface area contributed by atoms with Crippen LogP contribution < -0.4 is 0 Å². The first-order valence-electron chi connectivity index (χ1n) is 2.25. The molecule has 0 spiro atoms. The highest BCUT2D eigenvalue weighted by molar-refractivity contribution is 4.75. The molecule has 0 N–H and O–H groups in total. The van der Waals surface area contributed by atoms with Gasteiger partial charge in [0.1, 0.15) is 0 Å². The van der Waals surface area contributed by atoms with Gasteiger partial charge in [0.25, 0.3) is 0 Å². The summed E-state index contributed by atoms with van der Waals surface area (Å²) in [6.07, 6.45) is 2.04. The predicted octanol–water partition coefficient (Wildman–Crippen LogP) is 0.420. The lowest BCUT2D eigenvalue weighted by Gasteiger charge is -1.77. The van der Waals surface area contributed by atoms with E-state index in [1.807, 2.05) is 0 Å². The van der Waals surface area contributed by atoms with Crippen LogP contribution in [0.15, 0.2) is 18.4 Å². The molecule has 1 aromatic rings. The molecule has 0 unspecified atom stereocenters. The molecule has 0 fully saturated rings. The number of hydrogen-bond acceptors (Lipinski definition) is 1. The van der Waals surface area contributed by atoms with Gasteiger partial charge in [-0.3, -0.25) is 4.68 Å². The molecule has 0 atom stereocenters. The van der Waals surface area contributed by atoms with Gasteiger partial charge in [-0.2, -0.15) is 5.10 Å². The van der Waals surface area contributed by atoms with Gasteiger partial charge in [0.05, 0.1) is 1.37 Å². The normalized spacial score (nSPS) is 11.2. The van der Waals surface area contributed by atoms with Gasteiger partial charge in [-0.25, -0.2) is 0 Å². The molecule has 1 rings (SSSR count). The minimum Gasteiger partial charge on any atom is -0.276 e. The summed E-state index contributed by atoms with van der Waals surface area (Å²) in [6, 6.07) is 1.64. The first-order chi connectivity index (χ1) is 3.30. The molecular formula is C4H6N2. The lowest BCUT2D eigenvalue weighted by atomic mass is 10.8. The summed E-state index contributed by atoms with van der Waals surface area (Å²) in [5.41, 5.74) is 0. The van der Waals surface area contributed by atoms with Crippen molar-refractivity contribution in [2.75, 3.05) is 0 Å². The van der Waals surface area contributed by atoms with Crippen LogP contribution in [0.25, 0.3) is 0 Å². The van der Waals surface area contributed by atoms with Crippen molar-refractivity contribution >= 4 is 0 Å². The average molecular weight is 83.1 g/mol. The number of hydrogen-bond donors (Lipinski definition) is 0. The second-order valence-electron chi connectivity index (χ2n) is 1.08. The fraction of sp³-hybridized carbons (Fsp3) is 0.250. The first kappa shape index (κ1) is 2.39. The monoisotopic (exact) mass is 83.1 g/mol. The van der Waals surface area contributed by atoms with Gasteiger partial charge in [-0.15, -0.1) is 0 Å². The lowest BCUT2D eigenvalue weighted by molar-refractivity contribution is 0.768. The van der Waals surface area contributed by atoms with Crippen molar-refractivity contribution in [2.24, 2.45) is 7.05 Å². The van der Waals surface area contributed by atoms with Crippen LogP contribution in [0.1, 0.15) is 1.37 Å². The Hall–Kier alpha value is -0.790. The smallest absolute Gasteiger partial charge is 0.0836 e.